The zero-order valence-corrected chi connectivity index (χ0v) is 12.7. The van der Waals surface area contributed by atoms with Gasteiger partial charge in [-0.25, -0.2) is 4.79 Å². The minimum atomic E-state index is -1.01. The summed E-state index contributed by atoms with van der Waals surface area (Å²) < 4.78 is 5.38. The molecule has 0 aliphatic heterocycles. The van der Waals surface area contributed by atoms with Crippen molar-refractivity contribution < 1.29 is 19.1 Å². The van der Waals surface area contributed by atoms with Crippen molar-refractivity contribution in [3.63, 3.8) is 0 Å². The van der Waals surface area contributed by atoms with E-state index in [1.54, 1.807) is 6.92 Å². The van der Waals surface area contributed by atoms with E-state index < -0.39 is 5.97 Å². The molecule has 0 atom stereocenters. The molecule has 21 heavy (non-hydrogen) atoms. The lowest BCUT2D eigenvalue weighted by Gasteiger charge is -2.26. The van der Waals surface area contributed by atoms with E-state index in [0.29, 0.717) is 11.5 Å². The topological polar surface area (TPSA) is 79.5 Å². The van der Waals surface area contributed by atoms with Crippen LogP contribution in [0.1, 0.15) is 67.3 Å². The molecule has 5 nitrogen and oxygen atoms in total. The van der Waals surface area contributed by atoms with Crippen molar-refractivity contribution in [1.29, 1.82) is 0 Å². The van der Waals surface area contributed by atoms with E-state index in [1.807, 2.05) is 6.92 Å². The fourth-order valence-corrected chi connectivity index (χ4v) is 2.96. The van der Waals surface area contributed by atoms with Crippen LogP contribution in [0.5, 0.6) is 0 Å². The smallest absolute Gasteiger partial charge is 0.339 e. The fraction of sp³-hybridized carbons (Fsp3) is 0.625. The molecule has 0 saturated heterocycles. The zero-order valence-electron chi connectivity index (χ0n) is 12.7. The molecule has 1 heterocycles. The van der Waals surface area contributed by atoms with Gasteiger partial charge in [-0.15, -0.1) is 0 Å². The quantitative estimate of drug-likeness (QED) is 0.835. The monoisotopic (exact) mass is 293 g/mol. The number of rotatable bonds is 4. The molecule has 0 radical (unpaired) electrons. The number of carboxylic acid groups (broad SMARTS) is 1. The first kappa shape index (κ1) is 15.6. The van der Waals surface area contributed by atoms with Crippen LogP contribution in [-0.2, 0) is 11.3 Å². The molecule has 0 unspecified atom stereocenters. The third-order valence-corrected chi connectivity index (χ3v) is 4.38. The first-order valence-corrected chi connectivity index (χ1v) is 7.53. The van der Waals surface area contributed by atoms with E-state index in [2.05, 4.69) is 5.32 Å². The summed E-state index contributed by atoms with van der Waals surface area (Å²) in [7, 11) is 0. The highest BCUT2D eigenvalue weighted by Crippen LogP contribution is 2.34. The summed E-state index contributed by atoms with van der Waals surface area (Å²) in [6, 6.07) is 1.48. The molecular weight excluding hydrogens is 270 g/mol. The van der Waals surface area contributed by atoms with Gasteiger partial charge >= 0.3 is 5.97 Å². The number of carbonyl (C=O) groups is 2. The first-order valence-electron chi connectivity index (χ1n) is 7.53. The molecule has 0 aromatic carbocycles. The van der Waals surface area contributed by atoms with Crippen LogP contribution in [0.25, 0.3) is 0 Å². The number of carbonyl (C=O) groups excluding carboxylic acids is 1. The lowest BCUT2D eigenvalue weighted by molar-refractivity contribution is -0.131. The molecule has 2 rings (SSSR count). The zero-order chi connectivity index (χ0) is 15.5. The average Bonchev–Trinajstić information content (AvgIpc) is 2.66. The Morgan fingerprint density at radius 3 is 2.43 bits per heavy atom. The molecule has 116 valence electrons. The molecule has 1 fully saturated rings. The number of carboxylic acids is 1. The molecule has 0 bridgehead atoms. The SMILES string of the molecule is Cc1oc(CNC(=O)C2(C)CCCCCC2)cc1C(=O)O. The van der Waals surface area contributed by atoms with Gasteiger partial charge in [0.25, 0.3) is 0 Å². The summed E-state index contributed by atoms with van der Waals surface area (Å²) in [5, 5.41) is 11.9. The van der Waals surface area contributed by atoms with Crippen LogP contribution in [-0.4, -0.2) is 17.0 Å². The average molecular weight is 293 g/mol. The van der Waals surface area contributed by atoms with E-state index in [0.717, 1.165) is 25.7 Å². The summed E-state index contributed by atoms with van der Waals surface area (Å²) in [6.45, 7) is 3.87. The Hall–Kier alpha value is -1.78. The minimum absolute atomic E-state index is 0.0373. The predicted molar refractivity (Wildman–Crippen MR) is 78.1 cm³/mol. The van der Waals surface area contributed by atoms with Crippen LogP contribution in [0.15, 0.2) is 10.5 Å². The van der Waals surface area contributed by atoms with Gasteiger partial charge in [-0.2, -0.15) is 0 Å². The molecule has 1 saturated carbocycles. The van der Waals surface area contributed by atoms with Gasteiger partial charge in [-0.05, 0) is 25.8 Å². The Morgan fingerprint density at radius 2 is 1.90 bits per heavy atom. The summed E-state index contributed by atoms with van der Waals surface area (Å²) in [5.74, 6) is -0.122. The summed E-state index contributed by atoms with van der Waals surface area (Å²) in [6.07, 6.45) is 6.40. The molecule has 1 amide bonds. The molecule has 0 spiro atoms. The van der Waals surface area contributed by atoms with Gasteiger partial charge in [0, 0.05) is 5.41 Å². The van der Waals surface area contributed by atoms with Gasteiger partial charge in [-0.3, -0.25) is 4.79 Å². The summed E-state index contributed by atoms with van der Waals surface area (Å²) >= 11 is 0. The van der Waals surface area contributed by atoms with Crippen LogP contribution in [0.2, 0.25) is 0 Å². The number of hydrogen-bond donors (Lipinski definition) is 2. The number of nitrogens with one attached hydrogen (secondary N) is 1. The maximum absolute atomic E-state index is 12.4. The lowest BCUT2D eigenvalue weighted by Crippen LogP contribution is -2.38. The van der Waals surface area contributed by atoms with Crippen molar-refractivity contribution in [2.45, 2.75) is 58.9 Å². The van der Waals surface area contributed by atoms with Gasteiger partial charge in [0.15, 0.2) is 0 Å². The first-order chi connectivity index (χ1) is 9.92. The van der Waals surface area contributed by atoms with Gasteiger partial charge in [0.2, 0.25) is 5.91 Å². The maximum Gasteiger partial charge on any atom is 0.339 e. The van der Waals surface area contributed by atoms with Crippen LogP contribution in [0.3, 0.4) is 0 Å². The second-order valence-corrected chi connectivity index (χ2v) is 6.15. The Morgan fingerprint density at radius 1 is 1.29 bits per heavy atom. The van der Waals surface area contributed by atoms with Crippen LogP contribution < -0.4 is 5.32 Å². The normalized spacial score (nSPS) is 18.0. The summed E-state index contributed by atoms with van der Waals surface area (Å²) in [4.78, 5) is 23.4. The third-order valence-electron chi connectivity index (χ3n) is 4.38. The second kappa shape index (κ2) is 6.33. The number of amides is 1. The minimum Gasteiger partial charge on any atom is -0.478 e. The number of aromatic carboxylic acids is 1. The predicted octanol–water partition coefficient (Wildman–Crippen LogP) is 3.26. The highest BCUT2D eigenvalue weighted by Gasteiger charge is 2.33. The van der Waals surface area contributed by atoms with Crippen LogP contribution in [0.4, 0.5) is 0 Å². The van der Waals surface area contributed by atoms with E-state index in [4.69, 9.17) is 9.52 Å². The Bertz CT molecular complexity index is 524. The highest BCUT2D eigenvalue weighted by atomic mass is 16.4. The molecular formula is C16H23NO4. The van der Waals surface area contributed by atoms with Crippen molar-refractivity contribution >= 4 is 11.9 Å². The van der Waals surface area contributed by atoms with Crippen molar-refractivity contribution in [3.05, 3.63) is 23.2 Å². The molecule has 1 aromatic heterocycles. The van der Waals surface area contributed by atoms with E-state index >= 15 is 0 Å². The fourth-order valence-electron chi connectivity index (χ4n) is 2.96. The Labute approximate surface area is 124 Å². The standard InChI is InChI=1S/C16H23NO4/c1-11-13(14(18)19)9-12(21-11)10-17-15(20)16(2)7-5-3-4-6-8-16/h9H,3-8,10H2,1-2H3,(H,17,20)(H,18,19). The van der Waals surface area contributed by atoms with Gasteiger partial charge in [0.1, 0.15) is 17.1 Å². The van der Waals surface area contributed by atoms with Crippen LogP contribution >= 0.6 is 0 Å². The van der Waals surface area contributed by atoms with E-state index in [1.165, 1.54) is 18.9 Å². The Kier molecular flexibility index (Phi) is 4.70. The molecule has 2 N–H and O–H groups in total. The number of hydrogen-bond acceptors (Lipinski definition) is 3. The second-order valence-electron chi connectivity index (χ2n) is 6.15. The van der Waals surface area contributed by atoms with Gasteiger partial charge in [-0.1, -0.05) is 32.6 Å². The lowest BCUT2D eigenvalue weighted by atomic mass is 9.81. The molecule has 1 aromatic rings. The van der Waals surface area contributed by atoms with Crippen molar-refractivity contribution in [3.8, 4) is 0 Å². The third kappa shape index (κ3) is 3.65. The van der Waals surface area contributed by atoms with Crippen LogP contribution in [0, 0.1) is 12.3 Å². The summed E-state index contributed by atoms with van der Waals surface area (Å²) in [5.41, 5.74) is -0.159. The molecule has 5 heteroatoms. The van der Waals surface area contributed by atoms with Gasteiger partial charge in [0.05, 0.1) is 6.54 Å². The van der Waals surface area contributed by atoms with E-state index in [9.17, 15) is 9.59 Å². The van der Waals surface area contributed by atoms with Crippen molar-refractivity contribution in [2.75, 3.05) is 0 Å². The van der Waals surface area contributed by atoms with Crippen molar-refractivity contribution in [2.24, 2.45) is 5.41 Å². The number of furan rings is 1. The highest BCUT2D eigenvalue weighted by molar-refractivity contribution is 5.88. The Balaban J connectivity index is 1.97. The largest absolute Gasteiger partial charge is 0.478 e. The number of aryl methyl sites for hydroxylation is 1. The van der Waals surface area contributed by atoms with Crippen molar-refractivity contribution in [1.82, 2.24) is 5.32 Å². The molecule has 1 aliphatic carbocycles. The maximum atomic E-state index is 12.4. The van der Waals surface area contributed by atoms with Gasteiger partial charge < -0.3 is 14.8 Å². The molecule has 1 aliphatic rings. The van der Waals surface area contributed by atoms with E-state index in [-0.39, 0.29) is 23.4 Å².